The van der Waals surface area contributed by atoms with E-state index in [0.29, 0.717) is 11.8 Å². The maximum atomic E-state index is 5.62. The molecule has 2 N–H and O–H groups in total. The summed E-state index contributed by atoms with van der Waals surface area (Å²) in [5.74, 6) is 2.09. The fourth-order valence-corrected chi connectivity index (χ4v) is 3.35. The van der Waals surface area contributed by atoms with Gasteiger partial charge in [0.25, 0.3) is 0 Å². The molecule has 0 amide bonds. The molecule has 0 bridgehead atoms. The Hall–Kier alpha value is -0.340. The van der Waals surface area contributed by atoms with Crippen LogP contribution in [0.15, 0.2) is 12.1 Å². The van der Waals surface area contributed by atoms with Gasteiger partial charge in [0.05, 0.1) is 0 Å². The minimum atomic E-state index is 0.648. The van der Waals surface area contributed by atoms with Crippen LogP contribution in [-0.2, 0) is 6.42 Å². The smallest absolute Gasteiger partial charge is 0.00790 e. The molecule has 2 unspecified atom stereocenters. The molecule has 0 aliphatic carbocycles. The predicted octanol–water partition coefficient (Wildman–Crippen LogP) is 4.04. The van der Waals surface area contributed by atoms with E-state index in [1.165, 1.54) is 16.2 Å². The van der Waals surface area contributed by atoms with E-state index in [1.54, 1.807) is 0 Å². The van der Waals surface area contributed by atoms with Crippen molar-refractivity contribution in [1.82, 2.24) is 0 Å². The van der Waals surface area contributed by atoms with Gasteiger partial charge in [0.1, 0.15) is 0 Å². The van der Waals surface area contributed by atoms with Gasteiger partial charge in [-0.05, 0) is 49.3 Å². The molecule has 92 valence electrons. The van der Waals surface area contributed by atoms with Gasteiger partial charge in [0.15, 0.2) is 0 Å². The lowest BCUT2D eigenvalue weighted by Gasteiger charge is -2.17. The zero-order valence-corrected chi connectivity index (χ0v) is 11.8. The number of rotatable bonds is 6. The molecule has 2 heteroatoms. The molecule has 2 atom stereocenters. The van der Waals surface area contributed by atoms with E-state index in [1.807, 2.05) is 11.3 Å². The highest BCUT2D eigenvalue weighted by atomic mass is 32.1. The minimum Gasteiger partial charge on any atom is -0.330 e. The van der Waals surface area contributed by atoms with E-state index in [4.69, 9.17) is 5.73 Å². The van der Waals surface area contributed by atoms with E-state index in [2.05, 4.69) is 39.8 Å². The van der Waals surface area contributed by atoms with E-state index in [9.17, 15) is 0 Å². The number of thiophene rings is 1. The van der Waals surface area contributed by atoms with Crippen molar-refractivity contribution in [3.63, 3.8) is 0 Å². The minimum absolute atomic E-state index is 0.648. The Morgan fingerprint density at radius 3 is 2.44 bits per heavy atom. The largest absolute Gasteiger partial charge is 0.330 e. The van der Waals surface area contributed by atoms with Crippen LogP contribution in [-0.4, -0.2) is 6.54 Å². The topological polar surface area (TPSA) is 26.0 Å². The molecule has 0 fully saturated rings. The first kappa shape index (κ1) is 13.7. The number of hydrogen-bond acceptors (Lipinski definition) is 2. The van der Waals surface area contributed by atoms with Crippen molar-refractivity contribution in [2.45, 2.75) is 46.5 Å². The second kappa shape index (κ2) is 6.41. The standard InChI is InChI=1S/C14H25NS/c1-10(2)9-13-5-6-14(16-13)12(4)11(3)7-8-15/h5-6,10-12H,7-9,15H2,1-4H3. The third-order valence-corrected chi connectivity index (χ3v) is 4.52. The Balaban J connectivity index is 2.62. The van der Waals surface area contributed by atoms with Crippen molar-refractivity contribution in [3.05, 3.63) is 21.9 Å². The quantitative estimate of drug-likeness (QED) is 0.796. The molecule has 1 aromatic rings. The zero-order valence-electron chi connectivity index (χ0n) is 11.0. The summed E-state index contributed by atoms with van der Waals surface area (Å²) in [4.78, 5) is 3.05. The normalized spacial score (nSPS) is 15.4. The van der Waals surface area contributed by atoms with Crippen LogP contribution in [0.3, 0.4) is 0 Å². The van der Waals surface area contributed by atoms with Gasteiger partial charge in [-0.25, -0.2) is 0 Å². The Kier molecular flexibility index (Phi) is 5.50. The van der Waals surface area contributed by atoms with Crippen LogP contribution in [0.4, 0.5) is 0 Å². The lowest BCUT2D eigenvalue weighted by atomic mass is 9.92. The fraction of sp³-hybridized carbons (Fsp3) is 0.714. The van der Waals surface area contributed by atoms with Gasteiger partial charge in [0.2, 0.25) is 0 Å². The van der Waals surface area contributed by atoms with E-state index in [-0.39, 0.29) is 0 Å². The molecule has 16 heavy (non-hydrogen) atoms. The van der Waals surface area contributed by atoms with Gasteiger partial charge in [-0.3, -0.25) is 0 Å². The first-order valence-electron chi connectivity index (χ1n) is 6.33. The van der Waals surface area contributed by atoms with Crippen LogP contribution in [0.1, 0.15) is 49.8 Å². The summed E-state index contributed by atoms with van der Waals surface area (Å²) < 4.78 is 0. The lowest BCUT2D eigenvalue weighted by molar-refractivity contribution is 0.464. The predicted molar refractivity (Wildman–Crippen MR) is 74.1 cm³/mol. The van der Waals surface area contributed by atoms with Crippen LogP contribution < -0.4 is 5.73 Å². The maximum absolute atomic E-state index is 5.62. The van der Waals surface area contributed by atoms with Crippen molar-refractivity contribution in [2.24, 2.45) is 17.6 Å². The highest BCUT2D eigenvalue weighted by Crippen LogP contribution is 2.32. The van der Waals surface area contributed by atoms with Gasteiger partial charge in [0, 0.05) is 9.75 Å². The molecule has 0 saturated carbocycles. The van der Waals surface area contributed by atoms with Crippen LogP contribution in [0.2, 0.25) is 0 Å². The molecule has 1 rings (SSSR count). The van der Waals surface area contributed by atoms with Gasteiger partial charge >= 0.3 is 0 Å². The van der Waals surface area contributed by atoms with Crippen LogP contribution in [0.5, 0.6) is 0 Å². The van der Waals surface area contributed by atoms with E-state index < -0.39 is 0 Å². The van der Waals surface area contributed by atoms with Crippen molar-refractivity contribution in [2.75, 3.05) is 6.54 Å². The average molecular weight is 239 g/mol. The molecule has 0 aliphatic rings. The summed E-state index contributed by atoms with van der Waals surface area (Å²) in [5.41, 5.74) is 5.62. The number of nitrogens with two attached hydrogens (primary N) is 1. The van der Waals surface area contributed by atoms with Crippen LogP contribution >= 0.6 is 11.3 Å². The van der Waals surface area contributed by atoms with E-state index in [0.717, 1.165) is 18.9 Å². The van der Waals surface area contributed by atoms with Gasteiger partial charge in [-0.15, -0.1) is 11.3 Å². The number of hydrogen-bond donors (Lipinski definition) is 1. The molecule has 0 radical (unpaired) electrons. The molecule has 0 spiro atoms. The summed E-state index contributed by atoms with van der Waals surface area (Å²) in [5, 5.41) is 0. The first-order valence-corrected chi connectivity index (χ1v) is 7.15. The monoisotopic (exact) mass is 239 g/mol. The second-order valence-electron chi connectivity index (χ2n) is 5.25. The Bertz CT molecular complexity index is 303. The molecule has 0 aliphatic heterocycles. The summed E-state index contributed by atoms with van der Waals surface area (Å²) in [7, 11) is 0. The Labute approximate surface area is 104 Å². The SMILES string of the molecule is CC(C)Cc1ccc(C(C)C(C)CCN)s1. The molecule has 1 nitrogen and oxygen atoms in total. The third kappa shape index (κ3) is 3.91. The lowest BCUT2D eigenvalue weighted by Crippen LogP contribution is -2.11. The van der Waals surface area contributed by atoms with Gasteiger partial charge < -0.3 is 5.73 Å². The van der Waals surface area contributed by atoms with Crippen molar-refractivity contribution in [3.8, 4) is 0 Å². The van der Waals surface area contributed by atoms with Crippen molar-refractivity contribution < 1.29 is 0 Å². The molecule has 0 aromatic carbocycles. The fourth-order valence-electron chi connectivity index (χ4n) is 1.94. The summed E-state index contributed by atoms with van der Waals surface area (Å²) in [6.07, 6.45) is 2.33. The van der Waals surface area contributed by atoms with Gasteiger partial charge in [-0.2, -0.15) is 0 Å². The highest BCUT2D eigenvalue weighted by molar-refractivity contribution is 7.12. The maximum Gasteiger partial charge on any atom is 0.00790 e. The Morgan fingerprint density at radius 1 is 1.19 bits per heavy atom. The molecule has 1 heterocycles. The van der Waals surface area contributed by atoms with E-state index >= 15 is 0 Å². The van der Waals surface area contributed by atoms with Crippen LogP contribution in [0, 0.1) is 11.8 Å². The first-order chi connectivity index (χ1) is 7.54. The summed E-state index contributed by atoms with van der Waals surface area (Å²) in [6, 6.07) is 4.60. The summed E-state index contributed by atoms with van der Waals surface area (Å²) in [6.45, 7) is 9.99. The molecular weight excluding hydrogens is 214 g/mol. The average Bonchev–Trinajstić information content (AvgIpc) is 2.64. The third-order valence-electron chi connectivity index (χ3n) is 3.22. The van der Waals surface area contributed by atoms with Crippen molar-refractivity contribution >= 4 is 11.3 Å². The van der Waals surface area contributed by atoms with Crippen LogP contribution in [0.25, 0.3) is 0 Å². The molecular formula is C14H25NS. The zero-order chi connectivity index (χ0) is 12.1. The summed E-state index contributed by atoms with van der Waals surface area (Å²) >= 11 is 1.98. The highest BCUT2D eigenvalue weighted by Gasteiger charge is 2.15. The van der Waals surface area contributed by atoms with Gasteiger partial charge in [-0.1, -0.05) is 27.7 Å². The molecule has 1 aromatic heterocycles. The Morgan fingerprint density at radius 2 is 1.88 bits per heavy atom. The second-order valence-corrected chi connectivity index (χ2v) is 6.45. The molecule has 0 saturated heterocycles. The van der Waals surface area contributed by atoms with Crippen molar-refractivity contribution in [1.29, 1.82) is 0 Å².